The molecule has 1 aromatic rings. The first-order chi connectivity index (χ1) is 9.54. The molecule has 20 heavy (non-hydrogen) atoms. The summed E-state index contributed by atoms with van der Waals surface area (Å²) in [4.78, 5) is 0. The number of hydrogen-bond acceptors (Lipinski definition) is 2. The van der Waals surface area contributed by atoms with Crippen LogP contribution >= 0.6 is 0 Å². The fourth-order valence-corrected chi connectivity index (χ4v) is 3.27. The fraction of sp³-hybridized carbons (Fsp3) is 0.667. The molecular weight excluding hydrogens is 246 g/mol. The Labute approximate surface area is 123 Å². The summed E-state index contributed by atoms with van der Waals surface area (Å²) < 4.78 is 6.37. The molecule has 1 aromatic carbocycles. The van der Waals surface area contributed by atoms with Crippen molar-refractivity contribution in [1.29, 1.82) is 0 Å². The normalized spacial score (nSPS) is 25.4. The highest BCUT2D eigenvalue weighted by Gasteiger charge is 2.39. The second kappa shape index (κ2) is 6.62. The molecule has 1 fully saturated rings. The van der Waals surface area contributed by atoms with Gasteiger partial charge in [0.2, 0.25) is 0 Å². The van der Waals surface area contributed by atoms with Crippen molar-refractivity contribution in [3.63, 3.8) is 0 Å². The van der Waals surface area contributed by atoms with E-state index in [2.05, 4.69) is 57.3 Å². The van der Waals surface area contributed by atoms with Crippen LogP contribution in [0.3, 0.4) is 0 Å². The van der Waals surface area contributed by atoms with Gasteiger partial charge < -0.3 is 10.1 Å². The highest BCUT2D eigenvalue weighted by molar-refractivity contribution is 5.32. The van der Waals surface area contributed by atoms with Crippen molar-refractivity contribution in [3.05, 3.63) is 29.8 Å². The van der Waals surface area contributed by atoms with Crippen LogP contribution in [-0.2, 0) is 0 Å². The first-order valence-corrected chi connectivity index (χ1v) is 8.00. The molecule has 0 bridgehead atoms. The molecule has 2 nitrogen and oxygen atoms in total. The molecule has 0 spiro atoms. The van der Waals surface area contributed by atoms with E-state index in [-0.39, 0.29) is 6.10 Å². The van der Waals surface area contributed by atoms with Gasteiger partial charge in [-0.05, 0) is 56.2 Å². The molecule has 0 radical (unpaired) electrons. The molecule has 2 atom stereocenters. The Hall–Kier alpha value is -1.02. The van der Waals surface area contributed by atoms with Crippen molar-refractivity contribution in [2.45, 2.75) is 65.5 Å². The maximum Gasteiger partial charge on any atom is 0.122 e. The summed E-state index contributed by atoms with van der Waals surface area (Å²) in [5.74, 6) is 1.04. The van der Waals surface area contributed by atoms with Crippen LogP contribution in [0.25, 0.3) is 0 Å². The van der Waals surface area contributed by atoms with Crippen molar-refractivity contribution in [2.24, 2.45) is 5.41 Å². The Kier molecular flexibility index (Phi) is 5.09. The topological polar surface area (TPSA) is 21.3 Å². The zero-order chi connectivity index (χ0) is 14.6. The molecule has 2 unspecified atom stereocenters. The summed E-state index contributed by atoms with van der Waals surface area (Å²) in [6, 6.07) is 8.78. The average molecular weight is 275 g/mol. The molecule has 0 amide bonds. The molecule has 112 valence electrons. The molecule has 0 saturated heterocycles. The van der Waals surface area contributed by atoms with Crippen LogP contribution < -0.4 is 10.1 Å². The van der Waals surface area contributed by atoms with Crippen molar-refractivity contribution in [2.75, 3.05) is 6.54 Å². The van der Waals surface area contributed by atoms with Crippen LogP contribution in [0.4, 0.5) is 0 Å². The lowest BCUT2D eigenvalue weighted by Gasteiger charge is -2.44. The fourth-order valence-electron chi connectivity index (χ4n) is 3.27. The molecule has 1 saturated carbocycles. The summed E-state index contributed by atoms with van der Waals surface area (Å²) in [6.45, 7) is 10.2. The molecule has 1 N–H and O–H groups in total. The van der Waals surface area contributed by atoms with Gasteiger partial charge in [-0.25, -0.2) is 0 Å². The third-order valence-corrected chi connectivity index (χ3v) is 4.51. The molecule has 2 heteroatoms. The quantitative estimate of drug-likeness (QED) is 0.864. The van der Waals surface area contributed by atoms with Crippen LogP contribution in [0, 0.1) is 12.3 Å². The van der Waals surface area contributed by atoms with Gasteiger partial charge in [0, 0.05) is 6.04 Å². The Balaban J connectivity index is 2.13. The van der Waals surface area contributed by atoms with Gasteiger partial charge in [-0.15, -0.1) is 0 Å². The van der Waals surface area contributed by atoms with Crippen LogP contribution in [-0.4, -0.2) is 18.7 Å². The smallest absolute Gasteiger partial charge is 0.122 e. The molecule has 0 aliphatic heterocycles. The number of benzene rings is 1. The molecule has 2 rings (SSSR count). The van der Waals surface area contributed by atoms with Gasteiger partial charge in [-0.2, -0.15) is 0 Å². The van der Waals surface area contributed by atoms with Gasteiger partial charge in [0.05, 0.1) is 0 Å². The first-order valence-electron chi connectivity index (χ1n) is 8.00. The van der Waals surface area contributed by atoms with Crippen molar-refractivity contribution < 1.29 is 4.74 Å². The molecule has 1 aliphatic carbocycles. The zero-order valence-electron chi connectivity index (χ0n) is 13.4. The highest BCUT2D eigenvalue weighted by atomic mass is 16.5. The second-order valence-electron chi connectivity index (χ2n) is 6.73. The van der Waals surface area contributed by atoms with E-state index in [1.165, 1.54) is 24.8 Å². The lowest BCUT2D eigenvalue weighted by molar-refractivity contribution is 0.0360. The molecule has 0 heterocycles. The van der Waals surface area contributed by atoms with E-state index in [1.54, 1.807) is 0 Å². The van der Waals surface area contributed by atoms with Gasteiger partial charge in [-0.3, -0.25) is 0 Å². The highest BCUT2D eigenvalue weighted by Crippen LogP contribution is 2.37. The number of para-hydroxylation sites is 1. The monoisotopic (exact) mass is 275 g/mol. The van der Waals surface area contributed by atoms with Gasteiger partial charge >= 0.3 is 0 Å². The minimum atomic E-state index is 0.284. The summed E-state index contributed by atoms with van der Waals surface area (Å²) in [5.41, 5.74) is 1.53. The van der Waals surface area contributed by atoms with Crippen LogP contribution in [0.2, 0.25) is 0 Å². The number of rotatable bonds is 5. The largest absolute Gasteiger partial charge is 0.489 e. The minimum absolute atomic E-state index is 0.284. The third-order valence-electron chi connectivity index (χ3n) is 4.51. The van der Waals surface area contributed by atoms with Crippen LogP contribution in [0.1, 0.15) is 52.0 Å². The Morgan fingerprint density at radius 3 is 2.75 bits per heavy atom. The number of hydrogen-bond donors (Lipinski definition) is 1. The third kappa shape index (κ3) is 3.54. The van der Waals surface area contributed by atoms with E-state index >= 15 is 0 Å². The van der Waals surface area contributed by atoms with E-state index in [0.29, 0.717) is 11.5 Å². The predicted octanol–water partition coefficient (Wildman–Crippen LogP) is 4.32. The zero-order valence-corrected chi connectivity index (χ0v) is 13.4. The Morgan fingerprint density at radius 2 is 2.05 bits per heavy atom. The molecular formula is C18H29NO. The van der Waals surface area contributed by atoms with E-state index < -0.39 is 0 Å². The van der Waals surface area contributed by atoms with Crippen molar-refractivity contribution in [1.82, 2.24) is 5.32 Å². The van der Waals surface area contributed by atoms with E-state index in [9.17, 15) is 0 Å². The summed E-state index contributed by atoms with van der Waals surface area (Å²) >= 11 is 0. The standard InChI is InChI=1S/C18H29NO/c1-5-13-19-17-16(11-8-12-18(17,3)4)20-15-10-7-6-9-14(15)2/h6-7,9-10,16-17,19H,5,8,11-13H2,1-4H3. The predicted molar refractivity (Wildman–Crippen MR) is 85.3 cm³/mol. The van der Waals surface area contributed by atoms with Crippen molar-refractivity contribution in [3.8, 4) is 5.75 Å². The first kappa shape index (κ1) is 15.4. The summed E-state index contributed by atoms with van der Waals surface area (Å²) in [5, 5.41) is 3.73. The van der Waals surface area contributed by atoms with Gasteiger partial charge in [0.25, 0.3) is 0 Å². The Bertz CT molecular complexity index is 427. The molecule has 0 aromatic heterocycles. The van der Waals surface area contributed by atoms with Crippen LogP contribution in [0.15, 0.2) is 24.3 Å². The number of nitrogens with one attached hydrogen (secondary N) is 1. The average Bonchev–Trinajstić information content (AvgIpc) is 2.40. The van der Waals surface area contributed by atoms with Crippen LogP contribution in [0.5, 0.6) is 5.75 Å². The lowest BCUT2D eigenvalue weighted by Crippen LogP contribution is -2.54. The summed E-state index contributed by atoms with van der Waals surface area (Å²) in [6.07, 6.45) is 5.14. The van der Waals surface area contributed by atoms with Crippen molar-refractivity contribution >= 4 is 0 Å². The SMILES string of the molecule is CCCNC1C(Oc2ccccc2C)CCCC1(C)C. The number of aryl methyl sites for hydroxylation is 1. The van der Waals surface area contributed by atoms with Gasteiger partial charge in [0.1, 0.15) is 11.9 Å². The van der Waals surface area contributed by atoms with E-state index in [0.717, 1.165) is 18.7 Å². The second-order valence-corrected chi connectivity index (χ2v) is 6.73. The van der Waals surface area contributed by atoms with Gasteiger partial charge in [0.15, 0.2) is 0 Å². The number of ether oxygens (including phenoxy) is 1. The Morgan fingerprint density at radius 1 is 1.30 bits per heavy atom. The lowest BCUT2D eigenvalue weighted by atomic mass is 9.71. The maximum atomic E-state index is 6.37. The minimum Gasteiger partial charge on any atom is -0.489 e. The van der Waals surface area contributed by atoms with E-state index in [4.69, 9.17) is 4.74 Å². The van der Waals surface area contributed by atoms with Gasteiger partial charge in [-0.1, -0.05) is 39.0 Å². The molecule has 1 aliphatic rings. The maximum absolute atomic E-state index is 6.37. The summed E-state index contributed by atoms with van der Waals surface area (Å²) in [7, 11) is 0. The van der Waals surface area contributed by atoms with E-state index in [1.807, 2.05) is 0 Å².